The Kier molecular flexibility index (Phi) is 6.87. The first-order chi connectivity index (χ1) is 11.9. The second-order valence-corrected chi connectivity index (χ2v) is 6.62. The third-order valence-corrected chi connectivity index (χ3v) is 4.47. The smallest absolute Gasteiger partial charge is 0.316 e. The van der Waals surface area contributed by atoms with E-state index in [4.69, 9.17) is 0 Å². The van der Waals surface area contributed by atoms with Crippen LogP contribution in [0.1, 0.15) is 26.2 Å². The SMILES string of the molecule is C[C@@H]1CCCN(CCCNC(=O)C(=O)N(C)c2ccc(F)c(F)c2)C1. The predicted octanol–water partition coefficient (Wildman–Crippen LogP) is 2.17. The zero-order valence-corrected chi connectivity index (χ0v) is 14.7. The van der Waals surface area contributed by atoms with Crippen molar-refractivity contribution < 1.29 is 18.4 Å². The van der Waals surface area contributed by atoms with Crippen LogP contribution in [0, 0.1) is 17.6 Å². The van der Waals surface area contributed by atoms with Gasteiger partial charge < -0.3 is 15.1 Å². The molecule has 0 aromatic heterocycles. The first kappa shape index (κ1) is 19.3. The van der Waals surface area contributed by atoms with E-state index in [0.717, 1.165) is 43.1 Å². The summed E-state index contributed by atoms with van der Waals surface area (Å²) < 4.78 is 26.2. The van der Waals surface area contributed by atoms with Crippen molar-refractivity contribution in [2.45, 2.75) is 26.2 Å². The van der Waals surface area contributed by atoms with E-state index < -0.39 is 23.4 Å². The fourth-order valence-corrected chi connectivity index (χ4v) is 3.03. The highest BCUT2D eigenvalue weighted by Gasteiger charge is 2.21. The van der Waals surface area contributed by atoms with Crippen LogP contribution in [0.25, 0.3) is 0 Å². The van der Waals surface area contributed by atoms with Crippen molar-refractivity contribution in [2.75, 3.05) is 38.1 Å². The number of likely N-dealkylation sites (tertiary alicyclic amines) is 1. The Morgan fingerprint density at radius 3 is 2.76 bits per heavy atom. The summed E-state index contributed by atoms with van der Waals surface area (Å²) in [4.78, 5) is 27.4. The molecular formula is C18H25F2N3O2. The van der Waals surface area contributed by atoms with E-state index in [9.17, 15) is 18.4 Å². The lowest BCUT2D eigenvalue weighted by molar-refractivity contribution is -0.137. The fraction of sp³-hybridized carbons (Fsp3) is 0.556. The third kappa shape index (κ3) is 5.49. The maximum atomic E-state index is 13.2. The normalized spacial score (nSPS) is 18.0. The molecule has 1 aromatic carbocycles. The average Bonchev–Trinajstić information content (AvgIpc) is 2.59. The average molecular weight is 353 g/mol. The number of halogens is 2. The van der Waals surface area contributed by atoms with Gasteiger partial charge in [0, 0.05) is 31.9 Å². The van der Waals surface area contributed by atoms with E-state index in [0.29, 0.717) is 12.5 Å². The lowest BCUT2D eigenvalue weighted by Crippen LogP contribution is -2.42. The molecule has 0 spiro atoms. The number of piperidine rings is 1. The Morgan fingerprint density at radius 2 is 2.08 bits per heavy atom. The molecule has 1 aliphatic heterocycles. The summed E-state index contributed by atoms with van der Waals surface area (Å²) in [7, 11) is 1.35. The quantitative estimate of drug-likeness (QED) is 0.652. The van der Waals surface area contributed by atoms with Gasteiger partial charge in [0.1, 0.15) is 0 Å². The molecule has 138 valence electrons. The van der Waals surface area contributed by atoms with Crippen LogP contribution in [-0.2, 0) is 9.59 Å². The van der Waals surface area contributed by atoms with Crippen LogP contribution in [0.5, 0.6) is 0 Å². The molecule has 7 heteroatoms. The van der Waals surface area contributed by atoms with E-state index in [2.05, 4.69) is 17.1 Å². The van der Waals surface area contributed by atoms with E-state index in [-0.39, 0.29) is 5.69 Å². The molecule has 25 heavy (non-hydrogen) atoms. The highest BCUT2D eigenvalue weighted by Crippen LogP contribution is 2.17. The molecule has 1 heterocycles. The van der Waals surface area contributed by atoms with Crippen molar-refractivity contribution in [3.63, 3.8) is 0 Å². The number of rotatable bonds is 5. The molecule has 1 atom stereocenters. The maximum Gasteiger partial charge on any atom is 0.316 e. The van der Waals surface area contributed by atoms with Crippen molar-refractivity contribution in [2.24, 2.45) is 5.92 Å². The Balaban J connectivity index is 1.75. The molecule has 1 saturated heterocycles. The van der Waals surface area contributed by atoms with Crippen molar-refractivity contribution in [3.8, 4) is 0 Å². The molecular weight excluding hydrogens is 328 g/mol. The minimum atomic E-state index is -1.06. The van der Waals surface area contributed by atoms with Gasteiger partial charge in [-0.3, -0.25) is 9.59 Å². The first-order valence-electron chi connectivity index (χ1n) is 8.61. The van der Waals surface area contributed by atoms with Gasteiger partial charge in [-0.1, -0.05) is 6.92 Å². The Bertz CT molecular complexity index is 624. The van der Waals surface area contributed by atoms with Crippen molar-refractivity contribution >= 4 is 17.5 Å². The second-order valence-electron chi connectivity index (χ2n) is 6.62. The van der Waals surface area contributed by atoms with Crippen LogP contribution in [0.3, 0.4) is 0 Å². The molecule has 0 unspecified atom stereocenters. The molecule has 0 aliphatic carbocycles. The summed E-state index contributed by atoms with van der Waals surface area (Å²) in [5.74, 6) is -2.92. The summed E-state index contributed by atoms with van der Waals surface area (Å²) in [5, 5.41) is 2.59. The number of nitrogens with zero attached hydrogens (tertiary/aromatic N) is 2. The minimum absolute atomic E-state index is 0.126. The van der Waals surface area contributed by atoms with Crippen LogP contribution in [0.4, 0.5) is 14.5 Å². The number of hydrogen-bond donors (Lipinski definition) is 1. The van der Waals surface area contributed by atoms with E-state index >= 15 is 0 Å². The number of benzene rings is 1. The van der Waals surface area contributed by atoms with E-state index in [1.807, 2.05) is 0 Å². The standard InChI is InChI=1S/C18H25F2N3O2/c1-13-5-3-9-23(12-13)10-4-8-21-17(24)18(25)22(2)14-6-7-15(19)16(20)11-14/h6-7,11,13H,3-5,8-10,12H2,1-2H3,(H,21,24)/t13-/m1/s1. The number of carbonyl (C=O) groups excluding carboxylic acids is 2. The number of anilines is 1. The summed E-state index contributed by atoms with van der Waals surface area (Å²) in [6, 6.07) is 3.06. The molecule has 1 fully saturated rings. The lowest BCUT2D eigenvalue weighted by atomic mass is 10.0. The summed E-state index contributed by atoms with van der Waals surface area (Å²) in [6.07, 6.45) is 3.23. The molecule has 0 bridgehead atoms. The van der Waals surface area contributed by atoms with Gasteiger partial charge in [-0.05, 0) is 50.4 Å². The third-order valence-electron chi connectivity index (χ3n) is 4.47. The summed E-state index contributed by atoms with van der Waals surface area (Å²) >= 11 is 0. The topological polar surface area (TPSA) is 52.7 Å². The maximum absolute atomic E-state index is 13.2. The molecule has 0 saturated carbocycles. The molecule has 0 radical (unpaired) electrons. The highest BCUT2D eigenvalue weighted by atomic mass is 19.2. The largest absolute Gasteiger partial charge is 0.348 e. The van der Waals surface area contributed by atoms with Gasteiger partial charge >= 0.3 is 11.8 Å². The second kappa shape index (κ2) is 8.89. The van der Waals surface area contributed by atoms with Crippen molar-refractivity contribution in [1.82, 2.24) is 10.2 Å². The lowest BCUT2D eigenvalue weighted by Gasteiger charge is -2.30. The van der Waals surface area contributed by atoms with Crippen LogP contribution >= 0.6 is 0 Å². The zero-order chi connectivity index (χ0) is 18.4. The van der Waals surface area contributed by atoms with Gasteiger partial charge in [-0.2, -0.15) is 0 Å². The number of carbonyl (C=O) groups is 2. The van der Waals surface area contributed by atoms with Crippen LogP contribution in [0.15, 0.2) is 18.2 Å². The van der Waals surface area contributed by atoms with E-state index in [1.165, 1.54) is 26.0 Å². The molecule has 2 rings (SSSR count). The number of nitrogens with one attached hydrogen (secondary N) is 1. The van der Waals surface area contributed by atoms with Crippen molar-refractivity contribution in [1.29, 1.82) is 0 Å². The minimum Gasteiger partial charge on any atom is -0.348 e. The monoisotopic (exact) mass is 353 g/mol. The van der Waals surface area contributed by atoms with Gasteiger partial charge in [0.15, 0.2) is 11.6 Å². The van der Waals surface area contributed by atoms with Crippen molar-refractivity contribution in [3.05, 3.63) is 29.8 Å². The number of hydrogen-bond acceptors (Lipinski definition) is 3. The highest BCUT2D eigenvalue weighted by molar-refractivity contribution is 6.40. The molecule has 1 N–H and O–H groups in total. The predicted molar refractivity (Wildman–Crippen MR) is 92.2 cm³/mol. The number of amides is 2. The summed E-state index contributed by atoms with van der Waals surface area (Å²) in [5.41, 5.74) is 0.126. The van der Waals surface area contributed by atoms with Gasteiger partial charge in [-0.25, -0.2) is 8.78 Å². The van der Waals surface area contributed by atoms with Crippen LogP contribution in [-0.4, -0.2) is 49.9 Å². The zero-order valence-electron chi connectivity index (χ0n) is 14.7. The Labute approximate surface area is 147 Å². The Morgan fingerprint density at radius 1 is 1.32 bits per heavy atom. The van der Waals surface area contributed by atoms with E-state index in [1.54, 1.807) is 0 Å². The fourth-order valence-electron chi connectivity index (χ4n) is 3.03. The van der Waals surface area contributed by atoms with Gasteiger partial charge in [0.2, 0.25) is 0 Å². The number of likely N-dealkylation sites (N-methyl/N-ethyl adjacent to an activating group) is 1. The first-order valence-corrected chi connectivity index (χ1v) is 8.61. The van der Waals surface area contributed by atoms with Gasteiger partial charge in [0.25, 0.3) is 0 Å². The molecule has 2 amide bonds. The molecule has 5 nitrogen and oxygen atoms in total. The van der Waals surface area contributed by atoms with Gasteiger partial charge in [0.05, 0.1) is 0 Å². The van der Waals surface area contributed by atoms with Crippen LogP contribution in [0.2, 0.25) is 0 Å². The van der Waals surface area contributed by atoms with Crippen LogP contribution < -0.4 is 10.2 Å². The van der Waals surface area contributed by atoms with Gasteiger partial charge in [-0.15, -0.1) is 0 Å². The Hall–Kier alpha value is -2.02. The molecule has 1 aromatic rings. The summed E-state index contributed by atoms with van der Waals surface area (Å²) in [6.45, 7) is 5.68. The molecule has 1 aliphatic rings.